The molecular formula is C14H18N4O3. The lowest BCUT2D eigenvalue weighted by molar-refractivity contribution is 0.177. The molecule has 0 aliphatic carbocycles. The molecule has 0 unspecified atom stereocenters. The number of aryl methyl sites for hydroxylation is 1. The zero-order valence-electron chi connectivity index (χ0n) is 12.2. The lowest BCUT2D eigenvalue weighted by atomic mass is 10.2. The third-order valence-electron chi connectivity index (χ3n) is 2.70. The molecule has 0 saturated carbocycles. The summed E-state index contributed by atoms with van der Waals surface area (Å²) in [7, 11) is 3.15. The van der Waals surface area contributed by atoms with E-state index in [-0.39, 0.29) is 6.61 Å². The smallest absolute Gasteiger partial charge is 0.225 e. The van der Waals surface area contributed by atoms with Gasteiger partial charge in [-0.2, -0.15) is 4.98 Å². The molecule has 0 amide bonds. The first-order valence-electron chi connectivity index (χ1n) is 6.32. The zero-order chi connectivity index (χ0) is 15.2. The highest BCUT2D eigenvalue weighted by Gasteiger charge is 2.10. The quantitative estimate of drug-likeness (QED) is 0.621. The van der Waals surface area contributed by atoms with Crippen LogP contribution in [-0.4, -0.2) is 24.2 Å². The van der Waals surface area contributed by atoms with E-state index in [4.69, 9.17) is 20.1 Å². The van der Waals surface area contributed by atoms with Crippen LogP contribution >= 0.6 is 0 Å². The van der Waals surface area contributed by atoms with Gasteiger partial charge in [0.25, 0.3) is 0 Å². The molecule has 7 nitrogen and oxygen atoms in total. The van der Waals surface area contributed by atoms with Crippen molar-refractivity contribution in [2.45, 2.75) is 13.5 Å². The Kier molecular flexibility index (Phi) is 4.91. The monoisotopic (exact) mass is 290 g/mol. The van der Waals surface area contributed by atoms with E-state index in [1.807, 2.05) is 25.1 Å². The molecule has 1 aromatic carbocycles. The van der Waals surface area contributed by atoms with Gasteiger partial charge in [-0.3, -0.25) is 0 Å². The lowest BCUT2D eigenvalue weighted by Crippen LogP contribution is -2.11. The van der Waals surface area contributed by atoms with E-state index < -0.39 is 0 Å². The number of benzene rings is 1. The van der Waals surface area contributed by atoms with Gasteiger partial charge in [-0.15, -0.1) is 0 Å². The summed E-state index contributed by atoms with van der Waals surface area (Å²) in [6.07, 6.45) is 0. The molecule has 2 aromatic rings. The molecular weight excluding hydrogens is 272 g/mol. The van der Waals surface area contributed by atoms with Crippen molar-refractivity contribution in [2.24, 2.45) is 5.84 Å². The van der Waals surface area contributed by atoms with Crippen LogP contribution in [0.2, 0.25) is 0 Å². The lowest BCUT2D eigenvalue weighted by Gasteiger charge is -2.12. The first kappa shape index (κ1) is 15.0. The zero-order valence-corrected chi connectivity index (χ0v) is 12.2. The minimum atomic E-state index is 0.261. The van der Waals surface area contributed by atoms with Crippen molar-refractivity contribution in [2.75, 3.05) is 19.6 Å². The molecule has 2 rings (SSSR count). The molecule has 1 heterocycles. The maximum Gasteiger partial charge on any atom is 0.225 e. The van der Waals surface area contributed by atoms with Crippen LogP contribution in [0, 0.1) is 6.92 Å². The van der Waals surface area contributed by atoms with E-state index in [0.717, 1.165) is 5.56 Å². The molecule has 0 saturated heterocycles. The van der Waals surface area contributed by atoms with Crippen LogP contribution < -0.4 is 20.7 Å². The van der Waals surface area contributed by atoms with Crippen LogP contribution in [0.25, 0.3) is 0 Å². The van der Waals surface area contributed by atoms with Gasteiger partial charge in [0.1, 0.15) is 12.4 Å². The number of nitrogen functional groups attached to an aromatic ring is 1. The van der Waals surface area contributed by atoms with E-state index >= 15 is 0 Å². The number of hydrogen-bond donors (Lipinski definition) is 2. The highest BCUT2D eigenvalue weighted by molar-refractivity contribution is 5.45. The average Bonchev–Trinajstić information content (AvgIpc) is 2.49. The molecule has 0 aliphatic rings. The molecule has 0 aliphatic heterocycles. The summed E-state index contributed by atoms with van der Waals surface area (Å²) < 4.78 is 16.1. The average molecular weight is 290 g/mol. The van der Waals surface area contributed by atoms with Crippen LogP contribution in [0.1, 0.15) is 11.4 Å². The molecule has 0 spiro atoms. The van der Waals surface area contributed by atoms with Crippen LogP contribution in [0.4, 0.5) is 5.82 Å². The second kappa shape index (κ2) is 6.87. The molecule has 3 N–H and O–H groups in total. The second-order valence-electron chi connectivity index (χ2n) is 4.34. The van der Waals surface area contributed by atoms with Gasteiger partial charge in [0.15, 0.2) is 17.3 Å². The van der Waals surface area contributed by atoms with Crippen molar-refractivity contribution >= 4 is 5.82 Å². The maximum atomic E-state index is 5.76. The van der Waals surface area contributed by atoms with E-state index in [2.05, 4.69) is 15.4 Å². The number of rotatable bonds is 6. The molecule has 1 aromatic heterocycles. The Balaban J connectivity index is 2.32. The summed E-state index contributed by atoms with van der Waals surface area (Å²) in [5, 5.41) is 0. The summed E-state index contributed by atoms with van der Waals surface area (Å²) in [5.74, 6) is 7.85. The number of aromatic nitrogens is 2. The molecule has 0 radical (unpaired) electrons. The summed E-state index contributed by atoms with van der Waals surface area (Å²) in [6, 6.07) is 7.23. The van der Waals surface area contributed by atoms with E-state index in [1.165, 1.54) is 0 Å². The van der Waals surface area contributed by atoms with Crippen LogP contribution in [0.3, 0.4) is 0 Å². The second-order valence-corrected chi connectivity index (χ2v) is 4.34. The standard InChI is InChI=1S/C14H18N4O3/c1-9-4-5-10(11(6-9)20-3)21-14-7-12(18-15)16-13(17-14)8-19-2/h4-7H,8,15H2,1-3H3,(H,16,17,18). The Morgan fingerprint density at radius 2 is 1.95 bits per heavy atom. The normalized spacial score (nSPS) is 10.3. The Bertz CT molecular complexity index is 619. The highest BCUT2D eigenvalue weighted by atomic mass is 16.5. The van der Waals surface area contributed by atoms with Crippen molar-refractivity contribution in [1.29, 1.82) is 0 Å². The Labute approximate surface area is 123 Å². The fourth-order valence-corrected chi connectivity index (χ4v) is 1.76. The van der Waals surface area contributed by atoms with Crippen molar-refractivity contribution in [3.05, 3.63) is 35.7 Å². The van der Waals surface area contributed by atoms with Crippen molar-refractivity contribution in [3.63, 3.8) is 0 Å². The summed E-state index contributed by atoms with van der Waals surface area (Å²) in [6.45, 7) is 2.24. The summed E-state index contributed by atoms with van der Waals surface area (Å²) >= 11 is 0. The maximum absolute atomic E-state index is 5.76. The SMILES string of the molecule is COCc1nc(NN)cc(Oc2ccc(C)cc2OC)n1. The molecule has 0 bridgehead atoms. The van der Waals surface area contributed by atoms with Crippen LogP contribution in [-0.2, 0) is 11.3 Å². The van der Waals surface area contributed by atoms with Crippen molar-refractivity contribution < 1.29 is 14.2 Å². The largest absolute Gasteiger partial charge is 0.493 e. The summed E-state index contributed by atoms with van der Waals surface area (Å²) in [5.41, 5.74) is 3.55. The first-order valence-corrected chi connectivity index (χ1v) is 6.32. The Hall–Kier alpha value is -2.38. The first-order chi connectivity index (χ1) is 10.2. The predicted molar refractivity (Wildman–Crippen MR) is 78.4 cm³/mol. The molecule has 7 heteroatoms. The van der Waals surface area contributed by atoms with Crippen LogP contribution in [0.15, 0.2) is 24.3 Å². The van der Waals surface area contributed by atoms with Gasteiger partial charge in [-0.05, 0) is 24.6 Å². The number of ether oxygens (including phenoxy) is 3. The number of hydrogen-bond acceptors (Lipinski definition) is 7. The number of hydrazine groups is 1. The number of anilines is 1. The van der Waals surface area contributed by atoms with E-state index in [0.29, 0.717) is 29.0 Å². The number of nitrogens with one attached hydrogen (secondary N) is 1. The number of methoxy groups -OCH3 is 2. The van der Waals surface area contributed by atoms with Gasteiger partial charge >= 0.3 is 0 Å². The predicted octanol–water partition coefficient (Wildman–Crippen LogP) is 2.02. The van der Waals surface area contributed by atoms with Gasteiger partial charge in [-0.25, -0.2) is 10.8 Å². The van der Waals surface area contributed by atoms with Gasteiger partial charge in [0.2, 0.25) is 5.88 Å². The third-order valence-corrected chi connectivity index (χ3v) is 2.70. The number of nitrogens with zero attached hydrogens (tertiary/aromatic N) is 2. The van der Waals surface area contributed by atoms with Gasteiger partial charge in [0, 0.05) is 13.2 Å². The minimum absolute atomic E-state index is 0.261. The fraction of sp³-hybridized carbons (Fsp3) is 0.286. The van der Waals surface area contributed by atoms with E-state index in [1.54, 1.807) is 20.3 Å². The van der Waals surface area contributed by atoms with E-state index in [9.17, 15) is 0 Å². The Morgan fingerprint density at radius 1 is 1.14 bits per heavy atom. The molecule has 0 atom stereocenters. The molecule has 0 fully saturated rings. The summed E-state index contributed by atoms with van der Waals surface area (Å²) in [4.78, 5) is 8.41. The number of nitrogens with two attached hydrogens (primary N) is 1. The van der Waals surface area contributed by atoms with Gasteiger partial charge in [-0.1, -0.05) is 6.07 Å². The third kappa shape index (κ3) is 3.80. The van der Waals surface area contributed by atoms with Crippen LogP contribution in [0.5, 0.6) is 17.4 Å². The van der Waals surface area contributed by atoms with Gasteiger partial charge in [0.05, 0.1) is 7.11 Å². The molecule has 21 heavy (non-hydrogen) atoms. The topological polar surface area (TPSA) is 91.5 Å². The van der Waals surface area contributed by atoms with Gasteiger partial charge < -0.3 is 19.6 Å². The van der Waals surface area contributed by atoms with Crippen molar-refractivity contribution in [1.82, 2.24) is 9.97 Å². The highest BCUT2D eigenvalue weighted by Crippen LogP contribution is 2.31. The fourth-order valence-electron chi connectivity index (χ4n) is 1.76. The minimum Gasteiger partial charge on any atom is -0.493 e. The van der Waals surface area contributed by atoms with Crippen molar-refractivity contribution in [3.8, 4) is 17.4 Å². The molecule has 112 valence electrons. The Morgan fingerprint density at radius 3 is 2.62 bits per heavy atom.